The fourth-order valence-electron chi connectivity index (χ4n) is 4.96. The van der Waals surface area contributed by atoms with Gasteiger partial charge in [-0.15, -0.1) is 0 Å². The lowest BCUT2D eigenvalue weighted by atomic mass is 9.83. The number of benzene rings is 1. The van der Waals surface area contributed by atoms with Gasteiger partial charge < -0.3 is 14.5 Å². The number of carbonyl (C=O) groups is 2. The fourth-order valence-corrected chi connectivity index (χ4v) is 4.96. The van der Waals surface area contributed by atoms with Crippen LogP contribution < -0.4 is 0 Å². The molecule has 2 atom stereocenters. The minimum atomic E-state index is 0.0801. The fraction of sp³-hybridized carbons (Fsp3) is 0.542. The summed E-state index contributed by atoms with van der Waals surface area (Å²) in [5.41, 5.74) is 3.99. The molecule has 0 saturated carbocycles. The Kier molecular flexibility index (Phi) is 6.41. The quantitative estimate of drug-likeness (QED) is 0.715. The van der Waals surface area contributed by atoms with Gasteiger partial charge >= 0.3 is 0 Å². The van der Waals surface area contributed by atoms with Gasteiger partial charge in [0.05, 0.1) is 18.8 Å². The van der Waals surface area contributed by atoms with Crippen LogP contribution in [0.5, 0.6) is 0 Å². The van der Waals surface area contributed by atoms with E-state index in [-0.39, 0.29) is 17.9 Å². The number of aryl methyl sites for hydroxylation is 2. The van der Waals surface area contributed by atoms with Crippen LogP contribution in [-0.2, 0) is 16.1 Å². The number of amides is 2. The summed E-state index contributed by atoms with van der Waals surface area (Å²) in [4.78, 5) is 29.4. The smallest absolute Gasteiger partial charge is 0.253 e. The van der Waals surface area contributed by atoms with E-state index in [0.29, 0.717) is 45.1 Å². The van der Waals surface area contributed by atoms with E-state index in [0.717, 1.165) is 35.4 Å². The Morgan fingerprint density at radius 2 is 1.97 bits per heavy atom. The maximum atomic E-state index is 13.1. The number of nitrogens with zero attached hydrogens (tertiary/aromatic N) is 4. The first-order valence-corrected chi connectivity index (χ1v) is 11.1. The molecule has 7 heteroatoms. The van der Waals surface area contributed by atoms with Crippen molar-refractivity contribution in [2.24, 2.45) is 5.92 Å². The van der Waals surface area contributed by atoms with E-state index in [4.69, 9.17) is 4.74 Å². The van der Waals surface area contributed by atoms with E-state index >= 15 is 0 Å². The molecule has 2 amide bonds. The van der Waals surface area contributed by atoms with Gasteiger partial charge in [0.2, 0.25) is 5.91 Å². The molecule has 0 bridgehead atoms. The van der Waals surface area contributed by atoms with Gasteiger partial charge in [-0.25, -0.2) is 0 Å². The lowest BCUT2D eigenvalue weighted by Gasteiger charge is -2.47. The third kappa shape index (κ3) is 4.66. The van der Waals surface area contributed by atoms with Crippen LogP contribution >= 0.6 is 0 Å². The number of ether oxygens (including phenoxy) is 1. The zero-order valence-corrected chi connectivity index (χ0v) is 18.7. The molecule has 2 aliphatic heterocycles. The Bertz CT molecular complexity index is 937. The third-order valence-electron chi connectivity index (χ3n) is 6.60. The van der Waals surface area contributed by atoms with Crippen LogP contribution in [0.4, 0.5) is 0 Å². The van der Waals surface area contributed by atoms with E-state index in [1.165, 1.54) is 0 Å². The van der Waals surface area contributed by atoms with Gasteiger partial charge in [-0.05, 0) is 56.4 Å². The molecular weight excluding hydrogens is 392 g/mol. The number of piperidine rings is 2. The van der Waals surface area contributed by atoms with Crippen molar-refractivity contribution < 1.29 is 14.3 Å². The van der Waals surface area contributed by atoms with Gasteiger partial charge in [0, 0.05) is 50.5 Å². The molecule has 4 rings (SSSR count). The molecule has 166 valence electrons. The molecule has 0 radical (unpaired) electrons. The van der Waals surface area contributed by atoms with Gasteiger partial charge in [0.15, 0.2) is 0 Å². The first-order valence-electron chi connectivity index (χ1n) is 11.1. The summed E-state index contributed by atoms with van der Waals surface area (Å²) >= 11 is 0. The van der Waals surface area contributed by atoms with Crippen LogP contribution in [0.1, 0.15) is 46.6 Å². The third-order valence-corrected chi connectivity index (χ3v) is 6.60. The standard InChI is InChI=1S/C24H32N4O3/c1-17-14-18(2)28(25-17)15-19-4-6-20(7-5-19)24(30)26-11-10-22-21(16-26)8-9-23(29)27(22)12-13-31-3/h4-7,14,21-22H,8-13,15-16H2,1-3H3/t21-,22+/m1/s1. The second-order valence-corrected chi connectivity index (χ2v) is 8.77. The summed E-state index contributed by atoms with van der Waals surface area (Å²) in [6.07, 6.45) is 2.26. The zero-order valence-electron chi connectivity index (χ0n) is 18.7. The predicted molar refractivity (Wildman–Crippen MR) is 118 cm³/mol. The summed E-state index contributed by atoms with van der Waals surface area (Å²) in [6.45, 7) is 7.35. The van der Waals surface area contributed by atoms with Crippen molar-refractivity contribution in [1.29, 1.82) is 0 Å². The first-order chi connectivity index (χ1) is 15.0. The van der Waals surface area contributed by atoms with Gasteiger partial charge in [0.25, 0.3) is 5.91 Å². The highest BCUT2D eigenvalue weighted by Crippen LogP contribution is 2.31. The summed E-state index contributed by atoms with van der Waals surface area (Å²) in [7, 11) is 1.66. The number of rotatable bonds is 6. The van der Waals surface area contributed by atoms with Gasteiger partial charge in [-0.2, -0.15) is 5.10 Å². The molecule has 2 saturated heterocycles. The Morgan fingerprint density at radius 3 is 2.65 bits per heavy atom. The van der Waals surface area contributed by atoms with Crippen molar-refractivity contribution in [3.63, 3.8) is 0 Å². The van der Waals surface area contributed by atoms with E-state index < -0.39 is 0 Å². The summed E-state index contributed by atoms with van der Waals surface area (Å²) < 4.78 is 7.16. The Morgan fingerprint density at radius 1 is 1.19 bits per heavy atom. The molecular formula is C24H32N4O3. The van der Waals surface area contributed by atoms with E-state index in [9.17, 15) is 9.59 Å². The normalized spacial score (nSPS) is 21.3. The van der Waals surface area contributed by atoms with E-state index in [2.05, 4.69) is 18.1 Å². The number of carbonyl (C=O) groups excluding carboxylic acids is 2. The molecule has 0 unspecified atom stereocenters. The van der Waals surface area contributed by atoms with Crippen molar-refractivity contribution in [3.8, 4) is 0 Å². The molecule has 7 nitrogen and oxygen atoms in total. The number of hydrogen-bond donors (Lipinski definition) is 0. The molecule has 1 aromatic heterocycles. The molecule has 2 aliphatic rings. The van der Waals surface area contributed by atoms with Crippen LogP contribution in [0, 0.1) is 19.8 Å². The van der Waals surface area contributed by atoms with E-state index in [1.54, 1.807) is 7.11 Å². The molecule has 1 aromatic carbocycles. The van der Waals surface area contributed by atoms with Gasteiger partial charge in [-0.1, -0.05) is 12.1 Å². The summed E-state index contributed by atoms with van der Waals surface area (Å²) in [6, 6.07) is 10.2. The minimum Gasteiger partial charge on any atom is -0.383 e. The zero-order chi connectivity index (χ0) is 22.0. The largest absolute Gasteiger partial charge is 0.383 e. The van der Waals surface area contributed by atoms with Crippen LogP contribution in [0.15, 0.2) is 30.3 Å². The van der Waals surface area contributed by atoms with E-state index in [1.807, 2.05) is 45.7 Å². The van der Waals surface area contributed by atoms with Crippen molar-refractivity contribution >= 4 is 11.8 Å². The highest BCUT2D eigenvalue weighted by molar-refractivity contribution is 5.94. The predicted octanol–water partition coefficient (Wildman–Crippen LogP) is 2.65. The number of methoxy groups -OCH3 is 1. The number of aromatic nitrogens is 2. The Labute approximate surface area is 184 Å². The first kappa shape index (κ1) is 21.6. The average Bonchev–Trinajstić information content (AvgIpc) is 3.09. The lowest BCUT2D eigenvalue weighted by molar-refractivity contribution is -0.141. The average molecular weight is 425 g/mol. The monoisotopic (exact) mass is 424 g/mol. The summed E-state index contributed by atoms with van der Waals surface area (Å²) in [5, 5.41) is 4.51. The Hall–Kier alpha value is -2.67. The number of fused-ring (bicyclic) bond motifs is 1. The molecule has 2 aromatic rings. The van der Waals surface area contributed by atoms with Crippen LogP contribution in [0.25, 0.3) is 0 Å². The second kappa shape index (κ2) is 9.22. The SMILES string of the molecule is COCCN1C(=O)CC[C@@H]2CN(C(=O)c3ccc(Cn4nc(C)cc4C)cc3)CC[C@@H]21. The molecule has 2 fully saturated rings. The van der Waals surface area contributed by atoms with Crippen molar-refractivity contribution in [2.75, 3.05) is 33.4 Å². The molecule has 3 heterocycles. The minimum absolute atomic E-state index is 0.0801. The lowest BCUT2D eigenvalue weighted by Crippen LogP contribution is -2.57. The topological polar surface area (TPSA) is 67.7 Å². The summed E-state index contributed by atoms with van der Waals surface area (Å²) in [5.74, 6) is 0.644. The maximum absolute atomic E-state index is 13.1. The van der Waals surface area contributed by atoms with Crippen molar-refractivity contribution in [2.45, 2.75) is 45.7 Å². The molecule has 31 heavy (non-hydrogen) atoms. The van der Waals surface area contributed by atoms with Crippen LogP contribution in [-0.4, -0.2) is 70.8 Å². The number of hydrogen-bond acceptors (Lipinski definition) is 4. The Balaban J connectivity index is 1.39. The van der Waals surface area contributed by atoms with Crippen molar-refractivity contribution in [3.05, 3.63) is 52.8 Å². The maximum Gasteiger partial charge on any atom is 0.253 e. The highest BCUT2D eigenvalue weighted by Gasteiger charge is 2.40. The van der Waals surface area contributed by atoms with Gasteiger partial charge in [-0.3, -0.25) is 14.3 Å². The molecule has 0 N–H and O–H groups in total. The van der Waals surface area contributed by atoms with Crippen molar-refractivity contribution in [1.82, 2.24) is 19.6 Å². The van der Waals surface area contributed by atoms with Gasteiger partial charge in [0.1, 0.15) is 0 Å². The number of likely N-dealkylation sites (tertiary alicyclic amines) is 2. The molecule has 0 spiro atoms. The highest BCUT2D eigenvalue weighted by atomic mass is 16.5. The molecule has 0 aliphatic carbocycles. The van der Waals surface area contributed by atoms with Crippen LogP contribution in [0.3, 0.4) is 0 Å². The van der Waals surface area contributed by atoms with Crippen LogP contribution in [0.2, 0.25) is 0 Å². The second-order valence-electron chi connectivity index (χ2n) is 8.77.